The van der Waals surface area contributed by atoms with Crippen LogP contribution in [-0.4, -0.2) is 63.7 Å². The standard InChI is InChI=1S/C16H27Cl2N3O2S/c1-4-20(5-2)10-11-21(9-8-19-24(3,22)23)13-14-6-7-15(17)16(18)12-14/h6-7,12,19H,4-5,8-11,13H2,1-3H3. The molecule has 0 aromatic heterocycles. The van der Waals surface area contributed by atoms with Crippen LogP contribution in [0.1, 0.15) is 19.4 Å². The average Bonchev–Trinajstić information content (AvgIpc) is 2.50. The van der Waals surface area contributed by atoms with Crippen molar-refractivity contribution in [3.05, 3.63) is 33.8 Å². The van der Waals surface area contributed by atoms with Gasteiger partial charge in [0.05, 0.1) is 16.3 Å². The molecule has 0 bridgehead atoms. The van der Waals surface area contributed by atoms with Gasteiger partial charge in [0.25, 0.3) is 0 Å². The van der Waals surface area contributed by atoms with Gasteiger partial charge in [0.2, 0.25) is 10.0 Å². The zero-order valence-electron chi connectivity index (χ0n) is 14.6. The number of nitrogens with one attached hydrogen (secondary N) is 1. The van der Waals surface area contributed by atoms with Gasteiger partial charge < -0.3 is 4.90 Å². The first-order valence-corrected chi connectivity index (χ1v) is 10.7. The summed E-state index contributed by atoms with van der Waals surface area (Å²) in [5.74, 6) is 0. The van der Waals surface area contributed by atoms with Crippen LogP contribution in [0, 0.1) is 0 Å². The third kappa shape index (κ3) is 8.65. The summed E-state index contributed by atoms with van der Waals surface area (Å²) in [7, 11) is -3.17. The fourth-order valence-corrected chi connectivity index (χ4v) is 3.16. The fraction of sp³-hybridized carbons (Fsp3) is 0.625. The Bertz CT molecular complexity index is 607. The molecule has 1 aromatic rings. The normalized spacial score (nSPS) is 12.3. The summed E-state index contributed by atoms with van der Waals surface area (Å²) in [5, 5.41) is 1.07. The predicted octanol–water partition coefficient (Wildman–Crippen LogP) is 2.69. The number of rotatable bonds is 11. The predicted molar refractivity (Wildman–Crippen MR) is 102 cm³/mol. The molecule has 0 amide bonds. The summed E-state index contributed by atoms with van der Waals surface area (Å²) >= 11 is 12.0. The average molecular weight is 396 g/mol. The molecule has 0 saturated carbocycles. The third-order valence-electron chi connectivity index (χ3n) is 3.81. The van der Waals surface area contributed by atoms with E-state index < -0.39 is 10.0 Å². The maximum absolute atomic E-state index is 11.2. The first-order valence-electron chi connectivity index (χ1n) is 8.08. The molecule has 1 aromatic carbocycles. The number of sulfonamides is 1. The van der Waals surface area contributed by atoms with Gasteiger partial charge in [-0.05, 0) is 30.8 Å². The van der Waals surface area contributed by atoms with Gasteiger partial charge >= 0.3 is 0 Å². The minimum atomic E-state index is -3.17. The number of hydrogen-bond acceptors (Lipinski definition) is 4. The van der Waals surface area contributed by atoms with Crippen LogP contribution >= 0.6 is 23.2 Å². The van der Waals surface area contributed by atoms with Gasteiger partial charge in [-0.2, -0.15) is 0 Å². The van der Waals surface area contributed by atoms with Gasteiger partial charge in [0, 0.05) is 32.7 Å². The smallest absolute Gasteiger partial charge is 0.208 e. The topological polar surface area (TPSA) is 52.6 Å². The van der Waals surface area contributed by atoms with E-state index in [-0.39, 0.29) is 0 Å². The van der Waals surface area contributed by atoms with E-state index >= 15 is 0 Å². The molecule has 8 heteroatoms. The van der Waals surface area contributed by atoms with Crippen LogP contribution in [-0.2, 0) is 16.6 Å². The van der Waals surface area contributed by atoms with E-state index in [1.807, 2.05) is 12.1 Å². The van der Waals surface area contributed by atoms with Gasteiger partial charge in [0.15, 0.2) is 0 Å². The summed E-state index contributed by atoms with van der Waals surface area (Å²) in [4.78, 5) is 4.56. The molecule has 1 rings (SSSR count). The van der Waals surface area contributed by atoms with E-state index in [0.717, 1.165) is 31.7 Å². The van der Waals surface area contributed by atoms with Crippen LogP contribution < -0.4 is 4.72 Å². The van der Waals surface area contributed by atoms with E-state index in [4.69, 9.17) is 23.2 Å². The lowest BCUT2D eigenvalue weighted by atomic mass is 10.2. The molecule has 1 N–H and O–H groups in total. The molecule has 0 heterocycles. The molecule has 0 spiro atoms. The second kappa shape index (κ2) is 10.6. The van der Waals surface area contributed by atoms with Crippen molar-refractivity contribution in [1.82, 2.24) is 14.5 Å². The Hall–Kier alpha value is -0.370. The zero-order valence-corrected chi connectivity index (χ0v) is 16.9. The highest BCUT2D eigenvalue weighted by molar-refractivity contribution is 7.88. The van der Waals surface area contributed by atoms with Crippen molar-refractivity contribution in [1.29, 1.82) is 0 Å². The largest absolute Gasteiger partial charge is 0.303 e. The number of nitrogens with zero attached hydrogens (tertiary/aromatic N) is 2. The SMILES string of the molecule is CCN(CC)CCN(CCNS(C)(=O)=O)Cc1ccc(Cl)c(Cl)c1. The molecule has 0 fully saturated rings. The molecular weight excluding hydrogens is 369 g/mol. The quantitative estimate of drug-likeness (QED) is 0.625. The van der Waals surface area contributed by atoms with Gasteiger partial charge in [-0.25, -0.2) is 13.1 Å². The summed E-state index contributed by atoms with van der Waals surface area (Å²) in [5.41, 5.74) is 1.06. The van der Waals surface area contributed by atoms with Crippen LogP contribution in [0.25, 0.3) is 0 Å². The first kappa shape index (κ1) is 21.7. The molecular formula is C16H27Cl2N3O2S. The van der Waals surface area contributed by atoms with E-state index in [1.165, 1.54) is 6.26 Å². The molecule has 0 saturated heterocycles. The summed E-state index contributed by atoms with van der Waals surface area (Å²) < 4.78 is 25.0. The molecule has 5 nitrogen and oxygen atoms in total. The monoisotopic (exact) mass is 395 g/mol. The van der Waals surface area contributed by atoms with Gasteiger partial charge in [0.1, 0.15) is 0 Å². The molecule has 0 atom stereocenters. The number of likely N-dealkylation sites (N-methyl/N-ethyl adjacent to an activating group) is 1. The Kier molecular flexibility index (Phi) is 9.56. The Labute approximate surface area is 156 Å². The number of halogens is 2. The lowest BCUT2D eigenvalue weighted by molar-refractivity contribution is 0.210. The first-order chi connectivity index (χ1) is 11.2. The van der Waals surface area contributed by atoms with Crippen LogP contribution in [0.2, 0.25) is 10.0 Å². The lowest BCUT2D eigenvalue weighted by Gasteiger charge is -2.26. The molecule has 0 aliphatic rings. The van der Waals surface area contributed by atoms with Gasteiger partial charge in [-0.3, -0.25) is 4.90 Å². The number of hydrogen-bond donors (Lipinski definition) is 1. The van der Waals surface area contributed by atoms with E-state index in [1.54, 1.807) is 6.07 Å². The van der Waals surface area contributed by atoms with E-state index in [2.05, 4.69) is 28.4 Å². The minimum Gasteiger partial charge on any atom is -0.303 e. The van der Waals surface area contributed by atoms with Gasteiger partial charge in [-0.1, -0.05) is 43.1 Å². The van der Waals surface area contributed by atoms with Crippen molar-refractivity contribution in [2.75, 3.05) is 45.5 Å². The van der Waals surface area contributed by atoms with Crippen LogP contribution in [0.5, 0.6) is 0 Å². The maximum atomic E-state index is 11.2. The fourth-order valence-electron chi connectivity index (χ4n) is 2.38. The van der Waals surface area contributed by atoms with Crippen molar-refractivity contribution >= 4 is 33.2 Å². The summed E-state index contributed by atoms with van der Waals surface area (Å²) in [6, 6.07) is 5.59. The second-order valence-electron chi connectivity index (χ2n) is 5.72. The molecule has 138 valence electrons. The highest BCUT2D eigenvalue weighted by Gasteiger charge is 2.10. The maximum Gasteiger partial charge on any atom is 0.208 e. The van der Waals surface area contributed by atoms with Crippen molar-refractivity contribution in [3.8, 4) is 0 Å². The molecule has 24 heavy (non-hydrogen) atoms. The van der Waals surface area contributed by atoms with Crippen molar-refractivity contribution in [2.24, 2.45) is 0 Å². The Morgan fingerprint density at radius 1 is 1.00 bits per heavy atom. The highest BCUT2D eigenvalue weighted by Crippen LogP contribution is 2.23. The van der Waals surface area contributed by atoms with Crippen LogP contribution in [0.4, 0.5) is 0 Å². The molecule has 0 unspecified atom stereocenters. The Balaban J connectivity index is 2.69. The zero-order chi connectivity index (χ0) is 18.2. The van der Waals surface area contributed by atoms with Crippen molar-refractivity contribution < 1.29 is 8.42 Å². The molecule has 0 aliphatic carbocycles. The van der Waals surface area contributed by atoms with Crippen LogP contribution in [0.15, 0.2) is 18.2 Å². The Morgan fingerprint density at radius 2 is 1.62 bits per heavy atom. The van der Waals surface area contributed by atoms with E-state index in [9.17, 15) is 8.42 Å². The molecule has 0 aliphatic heterocycles. The second-order valence-corrected chi connectivity index (χ2v) is 8.37. The minimum absolute atomic E-state index is 0.387. The number of benzene rings is 1. The van der Waals surface area contributed by atoms with E-state index in [0.29, 0.717) is 29.7 Å². The van der Waals surface area contributed by atoms with Gasteiger partial charge in [-0.15, -0.1) is 0 Å². The summed E-state index contributed by atoms with van der Waals surface area (Å²) in [6.45, 7) is 9.78. The Morgan fingerprint density at radius 3 is 2.17 bits per heavy atom. The highest BCUT2D eigenvalue weighted by atomic mass is 35.5. The van der Waals surface area contributed by atoms with Crippen LogP contribution in [0.3, 0.4) is 0 Å². The van der Waals surface area contributed by atoms with Crippen molar-refractivity contribution in [3.63, 3.8) is 0 Å². The molecule has 0 radical (unpaired) electrons. The lowest BCUT2D eigenvalue weighted by Crippen LogP contribution is -2.39. The van der Waals surface area contributed by atoms with Crippen molar-refractivity contribution in [2.45, 2.75) is 20.4 Å². The summed E-state index contributed by atoms with van der Waals surface area (Å²) in [6.07, 6.45) is 1.17. The third-order valence-corrected chi connectivity index (χ3v) is 5.28.